The summed E-state index contributed by atoms with van der Waals surface area (Å²) >= 11 is 0. The zero-order valence-corrected chi connectivity index (χ0v) is 10.1. The lowest BCUT2D eigenvalue weighted by molar-refractivity contribution is 0.566. The zero-order chi connectivity index (χ0) is 12.4. The number of nitrogens with zero attached hydrogens (tertiary/aromatic N) is 2. The van der Waals surface area contributed by atoms with Crippen LogP contribution >= 0.6 is 0 Å². The molecule has 90 valence electrons. The highest BCUT2D eigenvalue weighted by Crippen LogP contribution is 2.26. The van der Waals surface area contributed by atoms with E-state index in [1.54, 1.807) is 13.2 Å². The molecule has 1 atom stereocenters. The first-order valence-electron chi connectivity index (χ1n) is 5.43. The first-order valence-corrected chi connectivity index (χ1v) is 5.43. The Labute approximate surface area is 99.2 Å². The minimum Gasteiger partial charge on any atom is -0.308 e. The molecule has 0 bridgehead atoms. The molecule has 0 radical (unpaired) electrons. The van der Waals surface area contributed by atoms with Crippen LogP contribution in [0.25, 0.3) is 0 Å². The third-order valence-corrected chi connectivity index (χ3v) is 2.79. The smallest absolute Gasteiger partial charge is 0.128 e. The van der Waals surface area contributed by atoms with Crippen molar-refractivity contribution in [1.82, 2.24) is 20.7 Å². The van der Waals surface area contributed by atoms with Gasteiger partial charge in [-0.2, -0.15) is 15.4 Å². The molecule has 0 saturated carbocycles. The molecule has 2 aromatic rings. The molecular weight excluding hydrogens is 219 g/mol. The van der Waals surface area contributed by atoms with Crippen LogP contribution in [0, 0.1) is 19.7 Å². The molecule has 0 fully saturated rings. The lowest BCUT2D eigenvalue weighted by Gasteiger charge is -2.17. The summed E-state index contributed by atoms with van der Waals surface area (Å²) in [6, 6.07) is 3.21. The SMILES string of the molecule is CNC(c1cn[nH]n1)c1c(C)cc(C)cc1F. The normalized spacial score (nSPS) is 12.7. The van der Waals surface area contributed by atoms with Gasteiger partial charge in [0.1, 0.15) is 11.5 Å². The van der Waals surface area contributed by atoms with Gasteiger partial charge >= 0.3 is 0 Å². The predicted octanol–water partition coefficient (Wildman–Crippen LogP) is 1.87. The molecule has 0 amide bonds. The Morgan fingerprint density at radius 1 is 1.35 bits per heavy atom. The molecule has 4 nitrogen and oxygen atoms in total. The van der Waals surface area contributed by atoms with Gasteiger partial charge in [0.25, 0.3) is 0 Å². The number of aromatic amines is 1. The van der Waals surface area contributed by atoms with Crippen molar-refractivity contribution in [3.8, 4) is 0 Å². The Morgan fingerprint density at radius 3 is 2.65 bits per heavy atom. The fourth-order valence-corrected chi connectivity index (χ4v) is 2.08. The highest BCUT2D eigenvalue weighted by atomic mass is 19.1. The van der Waals surface area contributed by atoms with Crippen LogP contribution in [-0.4, -0.2) is 22.5 Å². The van der Waals surface area contributed by atoms with Gasteiger partial charge < -0.3 is 5.32 Å². The topological polar surface area (TPSA) is 53.6 Å². The Balaban J connectivity index is 2.52. The molecule has 0 aliphatic rings. The summed E-state index contributed by atoms with van der Waals surface area (Å²) in [6.45, 7) is 3.78. The summed E-state index contributed by atoms with van der Waals surface area (Å²) in [5.41, 5.74) is 3.12. The van der Waals surface area contributed by atoms with E-state index in [1.807, 2.05) is 19.9 Å². The van der Waals surface area contributed by atoms with Crippen LogP contribution in [0.2, 0.25) is 0 Å². The fraction of sp³-hybridized carbons (Fsp3) is 0.333. The number of H-pyrrole nitrogens is 1. The molecule has 17 heavy (non-hydrogen) atoms. The molecule has 1 aromatic carbocycles. The maximum atomic E-state index is 14.0. The zero-order valence-electron chi connectivity index (χ0n) is 10.1. The van der Waals surface area contributed by atoms with E-state index >= 15 is 0 Å². The Morgan fingerprint density at radius 2 is 2.12 bits per heavy atom. The van der Waals surface area contributed by atoms with E-state index in [0.29, 0.717) is 11.3 Å². The van der Waals surface area contributed by atoms with Gasteiger partial charge in [0.2, 0.25) is 0 Å². The van der Waals surface area contributed by atoms with Crippen molar-refractivity contribution in [3.05, 3.63) is 46.5 Å². The standard InChI is InChI=1S/C12H15FN4/c1-7-4-8(2)11(9(13)5-7)12(14-3)10-6-15-17-16-10/h4-6,12,14H,1-3H3,(H,15,16,17). The van der Waals surface area contributed by atoms with Crippen molar-refractivity contribution in [2.24, 2.45) is 0 Å². The van der Waals surface area contributed by atoms with Crippen LogP contribution in [0.1, 0.15) is 28.4 Å². The Hall–Kier alpha value is -1.75. The summed E-state index contributed by atoms with van der Waals surface area (Å²) in [4.78, 5) is 0. The number of nitrogens with one attached hydrogen (secondary N) is 2. The molecule has 0 aliphatic heterocycles. The lowest BCUT2D eigenvalue weighted by atomic mass is 9.97. The number of rotatable bonds is 3. The van der Waals surface area contributed by atoms with Gasteiger partial charge in [-0.1, -0.05) is 6.07 Å². The molecule has 1 unspecified atom stereocenters. The van der Waals surface area contributed by atoms with Gasteiger partial charge in [0.05, 0.1) is 12.2 Å². The van der Waals surface area contributed by atoms with Gasteiger partial charge in [-0.15, -0.1) is 0 Å². The number of benzene rings is 1. The van der Waals surface area contributed by atoms with E-state index in [1.165, 1.54) is 6.07 Å². The van der Waals surface area contributed by atoms with Gasteiger partial charge in [0.15, 0.2) is 0 Å². The van der Waals surface area contributed by atoms with E-state index < -0.39 is 0 Å². The summed E-state index contributed by atoms with van der Waals surface area (Å²) in [5, 5.41) is 13.4. The molecular formula is C12H15FN4. The van der Waals surface area contributed by atoms with Crippen molar-refractivity contribution < 1.29 is 4.39 Å². The van der Waals surface area contributed by atoms with E-state index in [2.05, 4.69) is 20.7 Å². The molecule has 0 aliphatic carbocycles. The maximum Gasteiger partial charge on any atom is 0.128 e. The third kappa shape index (κ3) is 2.19. The van der Waals surface area contributed by atoms with Gasteiger partial charge in [-0.25, -0.2) is 4.39 Å². The predicted molar refractivity (Wildman–Crippen MR) is 63.2 cm³/mol. The maximum absolute atomic E-state index is 14.0. The number of hydrogen-bond donors (Lipinski definition) is 2. The monoisotopic (exact) mass is 234 g/mol. The van der Waals surface area contributed by atoms with Crippen molar-refractivity contribution in [2.45, 2.75) is 19.9 Å². The summed E-state index contributed by atoms with van der Waals surface area (Å²) in [5.74, 6) is -0.218. The molecule has 1 aromatic heterocycles. The minimum atomic E-state index is -0.283. The summed E-state index contributed by atoms with van der Waals surface area (Å²) < 4.78 is 14.0. The molecule has 0 saturated heterocycles. The molecule has 2 N–H and O–H groups in total. The van der Waals surface area contributed by atoms with E-state index in [-0.39, 0.29) is 11.9 Å². The van der Waals surface area contributed by atoms with Gasteiger partial charge in [-0.05, 0) is 38.1 Å². The van der Waals surface area contributed by atoms with E-state index in [4.69, 9.17) is 0 Å². The lowest BCUT2D eigenvalue weighted by Crippen LogP contribution is -2.20. The number of halogens is 1. The average Bonchev–Trinajstić information content (AvgIpc) is 2.76. The average molecular weight is 234 g/mol. The highest BCUT2D eigenvalue weighted by Gasteiger charge is 2.20. The second kappa shape index (κ2) is 4.63. The quantitative estimate of drug-likeness (QED) is 0.852. The molecule has 1 heterocycles. The first kappa shape index (κ1) is 11.7. The van der Waals surface area contributed by atoms with Crippen molar-refractivity contribution in [1.29, 1.82) is 0 Å². The largest absolute Gasteiger partial charge is 0.308 e. The van der Waals surface area contributed by atoms with E-state index in [0.717, 1.165) is 11.1 Å². The number of aromatic nitrogens is 3. The van der Waals surface area contributed by atoms with Gasteiger partial charge in [-0.3, -0.25) is 0 Å². The summed E-state index contributed by atoms with van der Waals surface area (Å²) in [6.07, 6.45) is 1.60. The molecule has 2 rings (SSSR count). The van der Waals surface area contributed by atoms with Crippen molar-refractivity contribution in [2.75, 3.05) is 7.05 Å². The van der Waals surface area contributed by atoms with Gasteiger partial charge in [0, 0.05) is 5.56 Å². The van der Waals surface area contributed by atoms with Crippen LogP contribution < -0.4 is 5.32 Å². The molecule has 0 spiro atoms. The minimum absolute atomic E-state index is 0.218. The van der Waals surface area contributed by atoms with E-state index in [9.17, 15) is 4.39 Å². The van der Waals surface area contributed by atoms with Crippen molar-refractivity contribution in [3.63, 3.8) is 0 Å². The number of hydrogen-bond acceptors (Lipinski definition) is 3. The fourth-order valence-electron chi connectivity index (χ4n) is 2.08. The molecule has 5 heteroatoms. The second-order valence-electron chi connectivity index (χ2n) is 4.09. The van der Waals surface area contributed by atoms with Crippen LogP contribution in [0.4, 0.5) is 4.39 Å². The van der Waals surface area contributed by atoms with Crippen LogP contribution in [0.5, 0.6) is 0 Å². The number of aryl methyl sites for hydroxylation is 2. The van der Waals surface area contributed by atoms with Crippen molar-refractivity contribution >= 4 is 0 Å². The Kier molecular flexibility index (Phi) is 3.19. The van der Waals surface area contributed by atoms with Crippen LogP contribution in [-0.2, 0) is 0 Å². The second-order valence-corrected chi connectivity index (χ2v) is 4.09. The Bertz CT molecular complexity index is 484. The third-order valence-electron chi connectivity index (χ3n) is 2.79. The summed E-state index contributed by atoms with van der Waals surface area (Å²) in [7, 11) is 1.78. The first-order chi connectivity index (χ1) is 8.13. The van der Waals surface area contributed by atoms with Crippen LogP contribution in [0.15, 0.2) is 18.3 Å². The highest BCUT2D eigenvalue weighted by molar-refractivity contribution is 5.37. The van der Waals surface area contributed by atoms with Crippen LogP contribution in [0.3, 0.4) is 0 Å².